The van der Waals surface area contributed by atoms with Crippen LogP contribution in [0.3, 0.4) is 0 Å². The lowest BCUT2D eigenvalue weighted by molar-refractivity contribution is -0.271. The number of esters is 4. The number of carbonyl (C=O) groups excluding carboxylic acids is 4. The Morgan fingerprint density at radius 1 is 0.574 bits per heavy atom. The predicted octanol–water partition coefficient (Wildman–Crippen LogP) is 10.5. The van der Waals surface area contributed by atoms with Crippen molar-refractivity contribution >= 4 is 23.9 Å². The van der Waals surface area contributed by atoms with Crippen molar-refractivity contribution < 1.29 is 42.9 Å². The van der Waals surface area contributed by atoms with Crippen LogP contribution >= 0.6 is 0 Å². The number of benzene rings is 4. The second-order valence-corrected chi connectivity index (χ2v) is 18.4. The molecule has 1 saturated heterocycles. The van der Waals surface area contributed by atoms with Gasteiger partial charge in [0.2, 0.25) is 0 Å². The van der Waals surface area contributed by atoms with Crippen LogP contribution in [0.5, 0.6) is 0 Å². The van der Waals surface area contributed by atoms with Crippen molar-refractivity contribution in [3.05, 3.63) is 142 Å². The third-order valence-corrected chi connectivity index (χ3v) is 14.7. The summed E-state index contributed by atoms with van der Waals surface area (Å²) in [5.41, 5.74) is 2.40. The lowest BCUT2D eigenvalue weighted by atomic mass is 9.43. The minimum atomic E-state index is -0.953. The molecule has 0 unspecified atom stereocenters. The van der Waals surface area contributed by atoms with Gasteiger partial charge in [0, 0.05) is 17.3 Å². The molecule has 0 N–H and O–H groups in total. The average molecular weight is 829 g/mol. The predicted molar refractivity (Wildman–Crippen MR) is 233 cm³/mol. The van der Waals surface area contributed by atoms with Crippen LogP contribution in [0.2, 0.25) is 0 Å². The molecule has 1 heterocycles. The maximum Gasteiger partial charge on any atom is 0.338 e. The number of aryl methyl sites for hydroxylation is 4. The molecule has 0 bridgehead atoms. The average Bonchev–Trinajstić information content (AvgIpc) is 3.64. The highest BCUT2D eigenvalue weighted by molar-refractivity contribution is 5.92. The minimum absolute atomic E-state index is 0.0146. The summed E-state index contributed by atoms with van der Waals surface area (Å²) in [6, 6.07) is 29.5. The van der Waals surface area contributed by atoms with E-state index in [1.165, 1.54) is 0 Å². The van der Waals surface area contributed by atoms with E-state index in [0.717, 1.165) is 35.1 Å². The molecule has 61 heavy (non-hydrogen) atoms. The van der Waals surface area contributed by atoms with Crippen LogP contribution in [0.15, 0.2) is 97.1 Å². The van der Waals surface area contributed by atoms with Gasteiger partial charge in [-0.15, -0.1) is 0 Å². The fourth-order valence-corrected chi connectivity index (χ4v) is 11.0. The Balaban J connectivity index is 1.21. The first-order chi connectivity index (χ1) is 29.1. The molecule has 9 nitrogen and oxygen atoms in total. The molecule has 9 heteroatoms. The third-order valence-electron chi connectivity index (χ3n) is 14.7. The zero-order chi connectivity index (χ0) is 43.6. The molecule has 4 aromatic carbocycles. The molecule has 0 aromatic heterocycles. The molecule has 7 atom stereocenters. The number of fused-ring (bicyclic) bond motifs is 2. The van der Waals surface area contributed by atoms with Crippen molar-refractivity contribution in [2.24, 2.45) is 22.7 Å². The van der Waals surface area contributed by atoms with E-state index in [1.807, 2.05) is 100 Å². The van der Waals surface area contributed by atoms with Gasteiger partial charge < -0.3 is 23.7 Å². The van der Waals surface area contributed by atoms with E-state index in [9.17, 15) is 19.2 Å². The second kappa shape index (κ2) is 17.6. The Kier molecular flexibility index (Phi) is 12.6. The van der Waals surface area contributed by atoms with E-state index in [2.05, 4.69) is 20.8 Å². The molecular formula is C52H60O9. The normalized spacial score (nSPS) is 28.1. The Hall–Kier alpha value is -5.28. The Morgan fingerprint density at radius 2 is 1.03 bits per heavy atom. The first kappa shape index (κ1) is 43.8. The Bertz CT molecular complexity index is 2280. The van der Waals surface area contributed by atoms with Crippen LogP contribution in [0, 0.1) is 50.4 Å². The second-order valence-electron chi connectivity index (χ2n) is 18.4. The molecule has 322 valence electrons. The van der Waals surface area contributed by atoms with E-state index in [1.54, 1.807) is 24.3 Å². The molecule has 4 aromatic rings. The quantitative estimate of drug-likeness (QED) is 0.102. The summed E-state index contributed by atoms with van der Waals surface area (Å²) in [5.74, 6) is -1.63. The van der Waals surface area contributed by atoms with Crippen LogP contribution < -0.4 is 0 Å². The van der Waals surface area contributed by atoms with Crippen LogP contribution in [-0.4, -0.2) is 61.0 Å². The summed E-state index contributed by atoms with van der Waals surface area (Å²) in [5, 5.41) is 0. The largest absolute Gasteiger partial charge is 0.462 e. The highest BCUT2D eigenvalue weighted by Gasteiger charge is 2.70. The molecule has 7 rings (SSSR count). The van der Waals surface area contributed by atoms with E-state index >= 15 is 0 Å². The third kappa shape index (κ3) is 8.38. The maximum atomic E-state index is 13.9. The summed E-state index contributed by atoms with van der Waals surface area (Å²) in [7, 11) is 0. The zero-order valence-corrected chi connectivity index (χ0v) is 36.7. The summed E-state index contributed by atoms with van der Waals surface area (Å²) < 4.78 is 32.4. The Labute approximate surface area is 360 Å². The number of rotatable bonds is 12. The van der Waals surface area contributed by atoms with E-state index in [4.69, 9.17) is 23.7 Å². The number of ether oxygens (including phenoxy) is 5. The van der Waals surface area contributed by atoms with Gasteiger partial charge in [-0.3, -0.25) is 0 Å². The smallest absolute Gasteiger partial charge is 0.338 e. The van der Waals surface area contributed by atoms with Crippen molar-refractivity contribution in [2.75, 3.05) is 19.8 Å². The SMILES string of the molecule is Cc1ccccc1C(=O)OCC[C@]1(COC(=O)c2ccccc2C)CC[C@@]2(O1)[C@H](C)CC[C@@H]1[C@](C)(COC(=O)c3ccccc3C)[C@@H](OC(=O)c3ccccc3C)CC[C@@]12C. The lowest BCUT2D eigenvalue weighted by Gasteiger charge is -2.65. The minimum Gasteiger partial charge on any atom is -0.462 e. The first-order valence-corrected chi connectivity index (χ1v) is 21.8. The van der Waals surface area contributed by atoms with Crippen molar-refractivity contribution in [2.45, 2.75) is 111 Å². The van der Waals surface area contributed by atoms with Crippen LogP contribution in [0.1, 0.15) is 129 Å². The maximum absolute atomic E-state index is 13.9. The first-order valence-electron chi connectivity index (χ1n) is 21.8. The molecule has 2 aliphatic carbocycles. The van der Waals surface area contributed by atoms with Crippen molar-refractivity contribution in [1.29, 1.82) is 0 Å². The van der Waals surface area contributed by atoms with Crippen molar-refractivity contribution in [1.82, 2.24) is 0 Å². The van der Waals surface area contributed by atoms with Crippen LogP contribution in [0.25, 0.3) is 0 Å². The molecular weight excluding hydrogens is 769 g/mol. The molecule has 0 amide bonds. The van der Waals surface area contributed by atoms with Gasteiger partial charge in [-0.05, 0) is 125 Å². The van der Waals surface area contributed by atoms with Gasteiger partial charge >= 0.3 is 23.9 Å². The zero-order valence-electron chi connectivity index (χ0n) is 36.7. The molecule has 1 spiro atoms. The van der Waals surface area contributed by atoms with Crippen LogP contribution in [0.4, 0.5) is 0 Å². The summed E-state index contributed by atoms with van der Waals surface area (Å²) in [6.07, 6.45) is 3.89. The summed E-state index contributed by atoms with van der Waals surface area (Å²) in [4.78, 5) is 54.6. The number of hydrogen-bond acceptors (Lipinski definition) is 9. The van der Waals surface area contributed by atoms with E-state index in [0.29, 0.717) is 54.4 Å². The monoisotopic (exact) mass is 828 g/mol. The van der Waals surface area contributed by atoms with Crippen molar-refractivity contribution in [3.8, 4) is 0 Å². The molecule has 3 fully saturated rings. The molecule has 0 radical (unpaired) electrons. The standard InChI is InChI=1S/C52H60O9/c1-34-16-8-12-20-39(34)45(53)57-31-30-51(33-59-47(55)41-22-14-10-18-36(41)3)28-29-52(61-51)38(5)24-25-43-49(6,32-58-46(54)40-21-13-9-17-35(40)2)44(26-27-50(43,52)7)60-48(56)42-23-15-11-19-37(42)4/h8-23,38,43-44H,24-33H2,1-7H3/t38-,43-,44+,49+,50+,51+,52-/m1/s1. The summed E-state index contributed by atoms with van der Waals surface area (Å²) in [6.45, 7) is 14.3. The number of hydrogen-bond donors (Lipinski definition) is 0. The fourth-order valence-electron chi connectivity index (χ4n) is 11.0. The van der Waals surface area contributed by atoms with Gasteiger partial charge in [0.15, 0.2) is 0 Å². The van der Waals surface area contributed by atoms with Gasteiger partial charge in [0.1, 0.15) is 24.9 Å². The van der Waals surface area contributed by atoms with Gasteiger partial charge in [0.05, 0.1) is 34.5 Å². The van der Waals surface area contributed by atoms with Gasteiger partial charge in [-0.2, -0.15) is 0 Å². The fraction of sp³-hybridized carbons (Fsp3) is 0.462. The molecule has 2 saturated carbocycles. The topological polar surface area (TPSA) is 114 Å². The highest BCUT2D eigenvalue weighted by atomic mass is 16.6. The van der Waals surface area contributed by atoms with E-state index in [-0.39, 0.29) is 31.7 Å². The van der Waals surface area contributed by atoms with Gasteiger partial charge in [0.25, 0.3) is 0 Å². The van der Waals surface area contributed by atoms with Gasteiger partial charge in [-0.25, -0.2) is 19.2 Å². The molecule has 3 aliphatic rings. The number of carbonyl (C=O) groups is 4. The highest BCUT2D eigenvalue weighted by Crippen LogP contribution is 2.68. The van der Waals surface area contributed by atoms with E-state index < -0.39 is 52.0 Å². The lowest BCUT2D eigenvalue weighted by Crippen LogP contribution is -2.67. The van der Waals surface area contributed by atoms with Gasteiger partial charge in [-0.1, -0.05) is 93.6 Å². The summed E-state index contributed by atoms with van der Waals surface area (Å²) >= 11 is 0. The van der Waals surface area contributed by atoms with Crippen molar-refractivity contribution in [3.63, 3.8) is 0 Å². The molecule has 1 aliphatic heterocycles. The van der Waals surface area contributed by atoms with Crippen LogP contribution in [-0.2, 0) is 23.7 Å². The Morgan fingerprint density at radius 3 is 1.54 bits per heavy atom.